The fraction of sp³-hybridized carbons (Fsp3) is 0.278. The summed E-state index contributed by atoms with van der Waals surface area (Å²) in [6.07, 6.45) is 4.73. The summed E-state index contributed by atoms with van der Waals surface area (Å²) in [6.45, 7) is 0. The minimum absolute atomic E-state index is 0.0841. The Bertz CT molecular complexity index is 694. The molecule has 5 heteroatoms. The molecule has 1 aliphatic carbocycles. The van der Waals surface area contributed by atoms with E-state index in [1.165, 1.54) is 31.0 Å². The highest BCUT2D eigenvalue weighted by Gasteiger charge is 2.18. The van der Waals surface area contributed by atoms with Crippen molar-refractivity contribution in [2.24, 2.45) is 0 Å². The smallest absolute Gasteiger partial charge is 0.260 e. The molecule has 1 aliphatic rings. The minimum Gasteiger partial charge on any atom is -0.490 e. The van der Waals surface area contributed by atoms with Gasteiger partial charge >= 0.3 is 0 Å². The number of carbonyl (C=O) groups is 1. The van der Waals surface area contributed by atoms with Crippen LogP contribution in [-0.4, -0.2) is 12.0 Å². The Labute approximate surface area is 139 Å². The van der Waals surface area contributed by atoms with E-state index < -0.39 is 11.7 Å². The lowest BCUT2D eigenvalue weighted by molar-refractivity contribution is 0.102. The summed E-state index contributed by atoms with van der Waals surface area (Å²) in [5.74, 6) is -0.520. The van der Waals surface area contributed by atoms with Crippen molar-refractivity contribution in [3.8, 4) is 5.75 Å². The van der Waals surface area contributed by atoms with Crippen LogP contribution in [0, 0.1) is 5.82 Å². The van der Waals surface area contributed by atoms with Crippen LogP contribution in [0.2, 0.25) is 5.02 Å². The quantitative estimate of drug-likeness (QED) is 0.850. The number of amides is 1. The Hall–Kier alpha value is -2.07. The van der Waals surface area contributed by atoms with Crippen molar-refractivity contribution in [1.29, 1.82) is 0 Å². The van der Waals surface area contributed by atoms with Crippen molar-refractivity contribution < 1.29 is 13.9 Å². The summed E-state index contributed by atoms with van der Waals surface area (Å²) in [4.78, 5) is 12.2. The predicted molar refractivity (Wildman–Crippen MR) is 88.7 cm³/mol. The van der Waals surface area contributed by atoms with E-state index in [1.807, 2.05) is 6.07 Å². The zero-order valence-electron chi connectivity index (χ0n) is 12.5. The molecular weight excluding hydrogens is 317 g/mol. The first kappa shape index (κ1) is 15.8. The van der Waals surface area contributed by atoms with E-state index in [1.54, 1.807) is 18.2 Å². The Balaban J connectivity index is 1.73. The summed E-state index contributed by atoms with van der Waals surface area (Å²) in [6, 6.07) is 11.3. The van der Waals surface area contributed by atoms with Gasteiger partial charge in [0, 0.05) is 11.8 Å². The third-order valence-corrected chi connectivity index (χ3v) is 4.20. The fourth-order valence-electron chi connectivity index (χ4n) is 2.75. The summed E-state index contributed by atoms with van der Waals surface area (Å²) in [5.41, 5.74) is 0.390. The number of carbonyl (C=O) groups excluding carboxylic acids is 1. The van der Waals surface area contributed by atoms with Crippen molar-refractivity contribution in [2.75, 3.05) is 5.32 Å². The number of benzene rings is 2. The van der Waals surface area contributed by atoms with E-state index in [9.17, 15) is 9.18 Å². The molecule has 120 valence electrons. The van der Waals surface area contributed by atoms with Gasteiger partial charge in [-0.15, -0.1) is 0 Å². The van der Waals surface area contributed by atoms with Crippen molar-refractivity contribution >= 4 is 23.2 Å². The van der Waals surface area contributed by atoms with Crippen LogP contribution < -0.4 is 10.1 Å². The van der Waals surface area contributed by atoms with Gasteiger partial charge in [0.05, 0.1) is 16.7 Å². The van der Waals surface area contributed by atoms with Crippen LogP contribution in [0.1, 0.15) is 36.0 Å². The predicted octanol–water partition coefficient (Wildman–Crippen LogP) is 5.05. The molecule has 1 fully saturated rings. The van der Waals surface area contributed by atoms with E-state index in [4.69, 9.17) is 16.3 Å². The highest BCUT2D eigenvalue weighted by atomic mass is 35.5. The van der Waals surface area contributed by atoms with Crippen molar-refractivity contribution in [3.63, 3.8) is 0 Å². The maximum Gasteiger partial charge on any atom is 0.260 e. The normalized spacial score (nSPS) is 14.7. The molecule has 3 rings (SSSR count). The molecule has 1 N–H and O–H groups in total. The van der Waals surface area contributed by atoms with E-state index in [-0.39, 0.29) is 16.7 Å². The van der Waals surface area contributed by atoms with Crippen LogP contribution >= 0.6 is 11.6 Å². The van der Waals surface area contributed by atoms with Crippen LogP contribution in [0.15, 0.2) is 42.5 Å². The Morgan fingerprint density at radius 1 is 1.17 bits per heavy atom. The molecule has 1 amide bonds. The van der Waals surface area contributed by atoms with E-state index in [0.29, 0.717) is 11.4 Å². The Morgan fingerprint density at radius 2 is 1.91 bits per heavy atom. The average molecular weight is 334 g/mol. The topological polar surface area (TPSA) is 38.3 Å². The first-order chi connectivity index (χ1) is 11.1. The van der Waals surface area contributed by atoms with Crippen molar-refractivity contribution in [1.82, 2.24) is 0 Å². The fourth-order valence-corrected chi connectivity index (χ4v) is 3.00. The SMILES string of the molecule is O=C(Nc1cccc(OC2CCCC2)c1)c1c(F)cccc1Cl. The molecule has 23 heavy (non-hydrogen) atoms. The third-order valence-electron chi connectivity index (χ3n) is 3.89. The molecule has 2 aromatic carbocycles. The molecule has 0 heterocycles. The first-order valence-corrected chi connectivity index (χ1v) is 8.03. The van der Waals surface area contributed by atoms with Gasteiger partial charge in [-0.25, -0.2) is 4.39 Å². The first-order valence-electron chi connectivity index (χ1n) is 7.65. The second-order valence-corrected chi connectivity index (χ2v) is 6.01. The summed E-state index contributed by atoms with van der Waals surface area (Å²) < 4.78 is 19.7. The van der Waals surface area contributed by atoms with Gasteiger partial charge in [0.1, 0.15) is 11.6 Å². The zero-order chi connectivity index (χ0) is 16.2. The van der Waals surface area contributed by atoms with Gasteiger partial charge in [-0.05, 0) is 49.9 Å². The molecular formula is C18H17ClFNO2. The number of hydrogen-bond acceptors (Lipinski definition) is 2. The molecule has 0 unspecified atom stereocenters. The van der Waals surface area contributed by atoms with E-state index >= 15 is 0 Å². The molecule has 3 nitrogen and oxygen atoms in total. The Morgan fingerprint density at radius 3 is 2.65 bits per heavy atom. The highest BCUT2D eigenvalue weighted by Crippen LogP contribution is 2.26. The van der Waals surface area contributed by atoms with Crippen LogP contribution in [0.3, 0.4) is 0 Å². The highest BCUT2D eigenvalue weighted by molar-refractivity contribution is 6.34. The third kappa shape index (κ3) is 3.82. The number of ether oxygens (including phenoxy) is 1. The molecule has 0 aromatic heterocycles. The van der Waals surface area contributed by atoms with Crippen LogP contribution in [-0.2, 0) is 0 Å². The van der Waals surface area contributed by atoms with Gasteiger partial charge in [-0.3, -0.25) is 4.79 Å². The lowest BCUT2D eigenvalue weighted by Gasteiger charge is -2.14. The van der Waals surface area contributed by atoms with Crippen LogP contribution in [0.4, 0.5) is 10.1 Å². The average Bonchev–Trinajstić information content (AvgIpc) is 3.00. The lowest BCUT2D eigenvalue weighted by atomic mass is 10.2. The maximum atomic E-state index is 13.8. The maximum absolute atomic E-state index is 13.8. The second-order valence-electron chi connectivity index (χ2n) is 5.60. The molecule has 0 aliphatic heterocycles. The number of hydrogen-bond donors (Lipinski definition) is 1. The van der Waals surface area contributed by atoms with Crippen molar-refractivity contribution in [3.05, 3.63) is 58.9 Å². The standard InChI is InChI=1S/C18H17ClFNO2/c19-15-9-4-10-16(20)17(15)18(22)21-12-5-3-8-14(11-12)23-13-6-1-2-7-13/h3-5,8-11,13H,1-2,6-7H2,(H,21,22). The molecule has 2 aromatic rings. The molecule has 1 saturated carbocycles. The van der Waals surface area contributed by atoms with Crippen molar-refractivity contribution in [2.45, 2.75) is 31.8 Å². The Kier molecular flexibility index (Phi) is 4.82. The number of rotatable bonds is 4. The van der Waals surface area contributed by atoms with Gasteiger partial charge in [0.15, 0.2) is 0 Å². The molecule has 0 atom stereocenters. The summed E-state index contributed by atoms with van der Waals surface area (Å²) in [5, 5.41) is 2.75. The van der Waals surface area contributed by atoms with E-state index in [2.05, 4.69) is 5.32 Å². The van der Waals surface area contributed by atoms with E-state index in [0.717, 1.165) is 12.8 Å². The van der Waals surface area contributed by atoms with Crippen LogP contribution in [0.5, 0.6) is 5.75 Å². The molecule has 0 radical (unpaired) electrons. The second kappa shape index (κ2) is 7.01. The van der Waals surface area contributed by atoms with Crippen LogP contribution in [0.25, 0.3) is 0 Å². The summed E-state index contributed by atoms with van der Waals surface area (Å²) >= 11 is 5.91. The zero-order valence-corrected chi connectivity index (χ0v) is 13.3. The van der Waals surface area contributed by atoms with Gasteiger partial charge < -0.3 is 10.1 Å². The van der Waals surface area contributed by atoms with Gasteiger partial charge in [0.25, 0.3) is 5.91 Å². The molecule has 0 saturated heterocycles. The number of halogens is 2. The monoisotopic (exact) mass is 333 g/mol. The largest absolute Gasteiger partial charge is 0.490 e. The number of nitrogens with one attached hydrogen (secondary N) is 1. The lowest BCUT2D eigenvalue weighted by Crippen LogP contribution is -2.15. The van der Waals surface area contributed by atoms with Gasteiger partial charge in [-0.2, -0.15) is 0 Å². The van der Waals surface area contributed by atoms with Gasteiger partial charge in [0.2, 0.25) is 0 Å². The summed E-state index contributed by atoms with van der Waals surface area (Å²) in [7, 11) is 0. The number of anilines is 1. The molecule has 0 bridgehead atoms. The minimum atomic E-state index is -0.645. The molecule has 0 spiro atoms. The van der Waals surface area contributed by atoms with Gasteiger partial charge in [-0.1, -0.05) is 23.7 Å².